The highest BCUT2D eigenvalue weighted by Crippen LogP contribution is 2.27. The van der Waals surface area contributed by atoms with E-state index in [1.54, 1.807) is 11.4 Å². The average Bonchev–Trinajstić information content (AvgIpc) is 3.17. The Morgan fingerprint density at radius 1 is 1.52 bits per heavy atom. The van der Waals surface area contributed by atoms with Crippen LogP contribution in [0.4, 0.5) is 0 Å². The minimum atomic E-state index is -3.53. The number of ether oxygens (including phenoxy) is 1. The molecule has 114 valence electrons. The van der Waals surface area contributed by atoms with Gasteiger partial charge in [0, 0.05) is 6.61 Å². The fourth-order valence-corrected chi connectivity index (χ4v) is 4.27. The summed E-state index contributed by atoms with van der Waals surface area (Å²) in [4.78, 5) is 4.17. The minimum absolute atomic E-state index is 0.00446. The van der Waals surface area contributed by atoms with Gasteiger partial charge in [0.25, 0.3) is 5.89 Å². The Kier molecular flexibility index (Phi) is 4.07. The molecule has 0 radical (unpaired) electrons. The second kappa shape index (κ2) is 5.84. The van der Waals surface area contributed by atoms with E-state index in [0.717, 1.165) is 18.4 Å². The zero-order valence-electron chi connectivity index (χ0n) is 11.4. The van der Waals surface area contributed by atoms with E-state index in [2.05, 4.69) is 14.9 Å². The lowest BCUT2D eigenvalue weighted by molar-refractivity contribution is 0.0835. The van der Waals surface area contributed by atoms with E-state index in [0.29, 0.717) is 18.3 Å². The van der Waals surface area contributed by atoms with Gasteiger partial charge < -0.3 is 9.26 Å². The van der Waals surface area contributed by atoms with Gasteiger partial charge in [0.2, 0.25) is 10.0 Å². The molecule has 0 aliphatic carbocycles. The molecule has 3 heterocycles. The zero-order valence-corrected chi connectivity index (χ0v) is 13.0. The van der Waals surface area contributed by atoms with Crippen LogP contribution in [0.3, 0.4) is 0 Å². The predicted molar refractivity (Wildman–Crippen MR) is 75.3 cm³/mol. The van der Waals surface area contributed by atoms with Gasteiger partial charge in [0.1, 0.15) is 10.3 Å². The van der Waals surface area contributed by atoms with Crippen molar-refractivity contribution in [1.82, 2.24) is 14.9 Å². The number of hydrogen-bond acceptors (Lipinski definition) is 7. The minimum Gasteiger partial charge on any atom is -0.368 e. The Morgan fingerprint density at radius 3 is 3.05 bits per heavy atom. The van der Waals surface area contributed by atoms with Crippen molar-refractivity contribution in [1.29, 1.82) is 0 Å². The maximum atomic E-state index is 12.1. The quantitative estimate of drug-likeness (QED) is 0.898. The Labute approximate surface area is 126 Å². The second-order valence-corrected chi connectivity index (χ2v) is 7.72. The largest absolute Gasteiger partial charge is 0.368 e. The number of aromatic nitrogens is 2. The highest BCUT2D eigenvalue weighted by atomic mass is 32.2. The molecule has 1 saturated heterocycles. The molecule has 1 aliphatic rings. The van der Waals surface area contributed by atoms with Gasteiger partial charge in [0.05, 0.1) is 6.54 Å². The molecule has 0 aromatic carbocycles. The van der Waals surface area contributed by atoms with Crippen molar-refractivity contribution >= 4 is 21.4 Å². The van der Waals surface area contributed by atoms with Gasteiger partial charge in [-0.15, -0.1) is 11.3 Å². The lowest BCUT2D eigenvalue weighted by atomic mass is 10.2. The molecule has 0 bridgehead atoms. The van der Waals surface area contributed by atoms with E-state index in [1.807, 2.05) is 6.92 Å². The number of nitrogens with one attached hydrogen (secondary N) is 1. The van der Waals surface area contributed by atoms with Crippen molar-refractivity contribution < 1.29 is 17.7 Å². The Hall–Kier alpha value is -1.29. The summed E-state index contributed by atoms with van der Waals surface area (Å²) in [5, 5.41) is 5.56. The lowest BCUT2D eigenvalue weighted by Gasteiger charge is -2.01. The van der Waals surface area contributed by atoms with E-state index in [4.69, 9.17) is 9.26 Å². The molecule has 2 aromatic rings. The van der Waals surface area contributed by atoms with Crippen molar-refractivity contribution in [3.05, 3.63) is 28.7 Å². The summed E-state index contributed by atoms with van der Waals surface area (Å²) in [7, 11) is -3.53. The first-order chi connectivity index (χ1) is 10.0. The van der Waals surface area contributed by atoms with Crippen LogP contribution in [0.1, 0.15) is 36.2 Å². The van der Waals surface area contributed by atoms with Crippen LogP contribution in [0.2, 0.25) is 0 Å². The van der Waals surface area contributed by atoms with Crippen LogP contribution in [0.5, 0.6) is 0 Å². The van der Waals surface area contributed by atoms with E-state index < -0.39 is 10.0 Å². The molecule has 1 atom stereocenters. The number of sulfonamides is 1. The maximum Gasteiger partial charge on any atom is 0.255 e. The number of aryl methyl sites for hydroxylation is 1. The molecular formula is C12H15N3O4S2. The highest BCUT2D eigenvalue weighted by Gasteiger charge is 2.24. The molecule has 7 nitrogen and oxygen atoms in total. The van der Waals surface area contributed by atoms with Crippen molar-refractivity contribution in [3.63, 3.8) is 0 Å². The van der Waals surface area contributed by atoms with Crippen LogP contribution in [0.25, 0.3) is 0 Å². The van der Waals surface area contributed by atoms with Gasteiger partial charge in [0.15, 0.2) is 5.82 Å². The van der Waals surface area contributed by atoms with Crippen molar-refractivity contribution in [2.75, 3.05) is 6.61 Å². The summed E-state index contributed by atoms with van der Waals surface area (Å²) in [5.74, 6) is 0.714. The predicted octanol–water partition coefficient (Wildman–Crippen LogP) is 1.77. The standard InChI is InChI=1S/C12H15N3O4S2/c1-8-5-11(20-7-8)21(16,17)13-6-10-14-12(19-15-10)9-3-2-4-18-9/h5,7,9,13H,2-4,6H2,1H3/t9-/m0/s1. The fourth-order valence-electron chi connectivity index (χ4n) is 2.02. The molecule has 9 heteroatoms. The van der Waals surface area contributed by atoms with Gasteiger partial charge in [-0.3, -0.25) is 0 Å². The molecule has 0 unspecified atom stereocenters. The third-order valence-corrected chi connectivity index (χ3v) is 6.04. The highest BCUT2D eigenvalue weighted by molar-refractivity contribution is 7.91. The molecule has 1 aliphatic heterocycles. The topological polar surface area (TPSA) is 94.3 Å². The van der Waals surface area contributed by atoms with Crippen LogP contribution in [0, 0.1) is 6.92 Å². The van der Waals surface area contributed by atoms with Crippen LogP contribution >= 0.6 is 11.3 Å². The maximum absolute atomic E-state index is 12.1. The van der Waals surface area contributed by atoms with E-state index >= 15 is 0 Å². The van der Waals surface area contributed by atoms with Crippen molar-refractivity contribution in [3.8, 4) is 0 Å². The summed E-state index contributed by atoms with van der Waals surface area (Å²) in [5.41, 5.74) is 0.917. The van der Waals surface area contributed by atoms with Crippen LogP contribution < -0.4 is 4.72 Å². The SMILES string of the molecule is Cc1csc(S(=O)(=O)NCc2noc([C@@H]3CCCO3)n2)c1. The van der Waals surface area contributed by atoms with Crippen LogP contribution in [-0.2, 0) is 21.3 Å². The average molecular weight is 329 g/mol. The number of rotatable bonds is 5. The second-order valence-electron chi connectivity index (χ2n) is 4.82. The third kappa shape index (κ3) is 3.31. The summed E-state index contributed by atoms with van der Waals surface area (Å²) in [6.45, 7) is 2.53. The number of thiophene rings is 1. The molecule has 0 spiro atoms. The normalized spacial score (nSPS) is 19.2. The summed E-state index contributed by atoms with van der Waals surface area (Å²) < 4.78 is 37.4. The molecule has 2 aromatic heterocycles. The van der Waals surface area contributed by atoms with E-state index in [1.165, 1.54) is 11.3 Å². The number of nitrogens with zero attached hydrogens (tertiary/aromatic N) is 2. The van der Waals surface area contributed by atoms with Gasteiger partial charge in [-0.2, -0.15) is 4.98 Å². The smallest absolute Gasteiger partial charge is 0.255 e. The van der Waals surface area contributed by atoms with Crippen LogP contribution in [-0.4, -0.2) is 25.2 Å². The molecule has 1 fully saturated rings. The monoisotopic (exact) mass is 329 g/mol. The fraction of sp³-hybridized carbons (Fsp3) is 0.500. The van der Waals surface area contributed by atoms with Crippen molar-refractivity contribution in [2.24, 2.45) is 0 Å². The Bertz CT molecular complexity index is 716. The third-order valence-electron chi connectivity index (χ3n) is 3.08. The molecule has 0 saturated carbocycles. The lowest BCUT2D eigenvalue weighted by Crippen LogP contribution is -2.23. The first kappa shape index (κ1) is 14.6. The zero-order chi connectivity index (χ0) is 14.9. The first-order valence-corrected chi connectivity index (χ1v) is 8.90. The first-order valence-electron chi connectivity index (χ1n) is 6.53. The van der Waals surface area contributed by atoms with Crippen molar-refractivity contribution in [2.45, 2.75) is 36.6 Å². The Morgan fingerprint density at radius 2 is 2.38 bits per heavy atom. The van der Waals surface area contributed by atoms with Gasteiger partial charge in [-0.1, -0.05) is 5.16 Å². The van der Waals surface area contributed by atoms with Gasteiger partial charge in [-0.05, 0) is 36.8 Å². The van der Waals surface area contributed by atoms with Gasteiger partial charge >= 0.3 is 0 Å². The van der Waals surface area contributed by atoms with E-state index in [9.17, 15) is 8.42 Å². The summed E-state index contributed by atoms with van der Waals surface area (Å²) >= 11 is 1.18. The molecule has 1 N–H and O–H groups in total. The summed E-state index contributed by atoms with van der Waals surface area (Å²) in [6.07, 6.45) is 1.65. The summed E-state index contributed by atoms with van der Waals surface area (Å²) in [6, 6.07) is 1.63. The van der Waals surface area contributed by atoms with Gasteiger partial charge in [-0.25, -0.2) is 13.1 Å². The Balaban J connectivity index is 1.64. The molecule has 21 heavy (non-hydrogen) atoms. The molecular weight excluding hydrogens is 314 g/mol. The van der Waals surface area contributed by atoms with E-state index in [-0.39, 0.29) is 16.9 Å². The van der Waals surface area contributed by atoms with Crippen LogP contribution in [0.15, 0.2) is 20.2 Å². The molecule has 3 rings (SSSR count). The number of hydrogen-bond donors (Lipinski definition) is 1. The molecule has 0 amide bonds.